The van der Waals surface area contributed by atoms with Crippen LogP contribution in [0.3, 0.4) is 0 Å². The lowest BCUT2D eigenvalue weighted by atomic mass is 9.84. The van der Waals surface area contributed by atoms with Gasteiger partial charge in [-0.1, -0.05) is 176 Å². The Kier molecular flexibility index (Phi) is 7.53. The van der Waals surface area contributed by atoms with Gasteiger partial charge in [-0.3, -0.25) is 0 Å². The van der Waals surface area contributed by atoms with E-state index >= 15 is 0 Å². The van der Waals surface area contributed by atoms with Gasteiger partial charge in [-0.15, -0.1) is 0 Å². The Bertz CT molecular complexity index is 2580. The maximum Gasteiger partial charge on any atom is 0.159 e. The summed E-state index contributed by atoms with van der Waals surface area (Å²) in [7, 11) is 0. The molecule has 0 aliphatic rings. The third-order valence-corrected chi connectivity index (χ3v) is 9.60. The third kappa shape index (κ3) is 5.43. The van der Waals surface area contributed by atoms with Crippen LogP contribution in [0.1, 0.15) is 0 Å². The Hall–Kier alpha value is -6.64. The van der Waals surface area contributed by atoms with Gasteiger partial charge in [-0.05, 0) is 77.7 Å². The maximum absolute atomic E-state index is 4.85. The Morgan fingerprint density at radius 2 is 0.580 bits per heavy atom. The van der Waals surface area contributed by atoms with Crippen LogP contribution in [0.2, 0.25) is 0 Å². The predicted octanol–water partition coefficient (Wildman–Crippen LogP) is 12.8. The fourth-order valence-electron chi connectivity index (χ4n) is 7.12. The molecule has 0 amide bonds. The zero-order valence-electron chi connectivity index (χ0n) is 27.4. The summed E-state index contributed by atoms with van der Waals surface area (Å²) in [5.41, 5.74) is 12.7. The molecule has 0 aliphatic heterocycles. The molecule has 0 aliphatic carbocycles. The lowest BCUT2D eigenvalue weighted by Gasteiger charge is -2.19. The third-order valence-electron chi connectivity index (χ3n) is 9.60. The van der Waals surface area contributed by atoms with E-state index in [0.717, 1.165) is 16.7 Å². The summed E-state index contributed by atoms with van der Waals surface area (Å²) in [6, 6.07) is 64.9. The number of hydrogen-bond donors (Lipinski definition) is 0. The highest BCUT2D eigenvalue weighted by atomic mass is 14.9. The Labute approximate surface area is 292 Å². The maximum atomic E-state index is 4.85. The first-order valence-corrected chi connectivity index (χ1v) is 17.0. The molecule has 0 saturated carbocycles. The molecule has 0 spiro atoms. The highest BCUT2D eigenvalue weighted by Gasteiger charge is 2.18. The molecule has 9 aromatic rings. The van der Waals surface area contributed by atoms with Crippen molar-refractivity contribution in [2.45, 2.75) is 0 Å². The van der Waals surface area contributed by atoms with Crippen molar-refractivity contribution in [2.75, 3.05) is 0 Å². The molecule has 0 saturated heterocycles. The van der Waals surface area contributed by atoms with Gasteiger partial charge in [0, 0.05) is 23.5 Å². The highest BCUT2D eigenvalue weighted by Crippen LogP contribution is 2.45. The van der Waals surface area contributed by atoms with Gasteiger partial charge in [0.05, 0.1) is 0 Å². The molecule has 0 bridgehead atoms. The summed E-state index contributed by atoms with van der Waals surface area (Å²) < 4.78 is 0. The van der Waals surface area contributed by atoms with E-state index < -0.39 is 0 Å². The molecule has 234 valence electrons. The molecule has 0 atom stereocenters. The van der Waals surface area contributed by atoms with Crippen LogP contribution in [-0.2, 0) is 0 Å². The van der Waals surface area contributed by atoms with Crippen molar-refractivity contribution in [2.24, 2.45) is 0 Å². The number of hydrogen-bond acceptors (Lipinski definition) is 2. The smallest absolute Gasteiger partial charge is 0.159 e. The summed E-state index contributed by atoms with van der Waals surface area (Å²) in [6.07, 6.45) is 3.84. The van der Waals surface area contributed by atoms with E-state index in [4.69, 9.17) is 9.97 Å². The molecule has 50 heavy (non-hydrogen) atoms. The van der Waals surface area contributed by atoms with Crippen LogP contribution in [0.15, 0.2) is 194 Å². The first kappa shape index (κ1) is 29.5. The van der Waals surface area contributed by atoms with Crippen molar-refractivity contribution in [3.8, 4) is 67.0 Å². The van der Waals surface area contributed by atoms with Crippen molar-refractivity contribution in [1.82, 2.24) is 9.97 Å². The molecule has 0 fully saturated rings. The summed E-state index contributed by atoms with van der Waals surface area (Å²) in [5.74, 6) is 0.707. The first-order chi connectivity index (χ1) is 24.8. The average molecular weight is 637 g/mol. The quantitative estimate of drug-likeness (QED) is 0.170. The zero-order valence-corrected chi connectivity index (χ0v) is 27.4. The van der Waals surface area contributed by atoms with Gasteiger partial charge < -0.3 is 0 Å². The van der Waals surface area contributed by atoms with Gasteiger partial charge in [-0.2, -0.15) is 0 Å². The van der Waals surface area contributed by atoms with Crippen LogP contribution >= 0.6 is 0 Å². The molecule has 0 N–H and O–H groups in total. The van der Waals surface area contributed by atoms with E-state index in [1.165, 1.54) is 66.1 Å². The second-order valence-electron chi connectivity index (χ2n) is 12.6. The molecule has 2 heteroatoms. The average Bonchev–Trinajstić information content (AvgIpc) is 3.21. The van der Waals surface area contributed by atoms with E-state index in [0.29, 0.717) is 5.82 Å². The van der Waals surface area contributed by atoms with Crippen LogP contribution in [0, 0.1) is 0 Å². The number of nitrogens with zero attached hydrogens (tertiary/aromatic N) is 2. The molecule has 2 nitrogen and oxygen atoms in total. The highest BCUT2D eigenvalue weighted by molar-refractivity contribution is 6.22. The normalized spacial score (nSPS) is 11.2. The first-order valence-electron chi connectivity index (χ1n) is 17.0. The minimum Gasteiger partial charge on any atom is -0.236 e. The van der Waals surface area contributed by atoms with E-state index in [1.807, 2.05) is 30.6 Å². The molecule has 0 radical (unpaired) electrons. The lowest BCUT2D eigenvalue weighted by molar-refractivity contribution is 1.18. The van der Waals surface area contributed by atoms with Gasteiger partial charge >= 0.3 is 0 Å². The van der Waals surface area contributed by atoms with Gasteiger partial charge in [0.15, 0.2) is 5.82 Å². The molecule has 0 unspecified atom stereocenters. The topological polar surface area (TPSA) is 25.8 Å². The summed E-state index contributed by atoms with van der Waals surface area (Å²) in [6.45, 7) is 0. The summed E-state index contributed by atoms with van der Waals surface area (Å²) in [5, 5.41) is 4.81. The fourth-order valence-corrected chi connectivity index (χ4v) is 7.12. The van der Waals surface area contributed by atoms with Gasteiger partial charge in [0.2, 0.25) is 0 Å². The van der Waals surface area contributed by atoms with Gasteiger partial charge in [0.1, 0.15) is 0 Å². The van der Waals surface area contributed by atoms with Crippen molar-refractivity contribution in [3.05, 3.63) is 194 Å². The summed E-state index contributed by atoms with van der Waals surface area (Å²) in [4.78, 5) is 9.70. The SMILES string of the molecule is c1ccc(-c2ccc(-c3c4ccccc4c(-c4ccc(-c5ccccc5)cc4)c4cc(-c5ncc(-c6ccccc6)cn5)ccc34)cc2)cc1. The molecule has 8 aromatic carbocycles. The summed E-state index contributed by atoms with van der Waals surface area (Å²) >= 11 is 0. The van der Waals surface area contributed by atoms with E-state index in [9.17, 15) is 0 Å². The second kappa shape index (κ2) is 12.8. The van der Waals surface area contributed by atoms with E-state index in [-0.39, 0.29) is 0 Å². The van der Waals surface area contributed by atoms with Crippen LogP contribution in [0.4, 0.5) is 0 Å². The predicted molar refractivity (Wildman–Crippen MR) is 210 cm³/mol. The minimum atomic E-state index is 0.707. The number of aromatic nitrogens is 2. The van der Waals surface area contributed by atoms with Crippen LogP contribution in [0.25, 0.3) is 88.6 Å². The Morgan fingerprint density at radius 1 is 0.240 bits per heavy atom. The molecule has 9 rings (SSSR count). The Morgan fingerprint density at radius 3 is 1.06 bits per heavy atom. The number of benzene rings is 8. The van der Waals surface area contributed by atoms with Crippen molar-refractivity contribution >= 4 is 21.5 Å². The minimum absolute atomic E-state index is 0.707. The molecule has 1 heterocycles. The van der Waals surface area contributed by atoms with Crippen molar-refractivity contribution in [3.63, 3.8) is 0 Å². The fraction of sp³-hybridized carbons (Fsp3) is 0. The van der Waals surface area contributed by atoms with Crippen LogP contribution in [0.5, 0.6) is 0 Å². The number of fused-ring (bicyclic) bond motifs is 2. The van der Waals surface area contributed by atoms with Crippen molar-refractivity contribution in [1.29, 1.82) is 0 Å². The van der Waals surface area contributed by atoms with Crippen LogP contribution < -0.4 is 0 Å². The zero-order chi connectivity index (χ0) is 33.3. The molecular weight excluding hydrogens is 605 g/mol. The molecule has 1 aromatic heterocycles. The second-order valence-corrected chi connectivity index (χ2v) is 12.6. The Balaban J connectivity index is 1.25. The van der Waals surface area contributed by atoms with Crippen molar-refractivity contribution < 1.29 is 0 Å². The molecular formula is C48H32N2. The number of rotatable bonds is 6. The van der Waals surface area contributed by atoms with Gasteiger partial charge in [-0.25, -0.2) is 9.97 Å². The van der Waals surface area contributed by atoms with E-state index in [2.05, 4.69) is 164 Å². The van der Waals surface area contributed by atoms with Gasteiger partial charge in [0.25, 0.3) is 0 Å². The largest absolute Gasteiger partial charge is 0.236 e. The van der Waals surface area contributed by atoms with Crippen LogP contribution in [-0.4, -0.2) is 9.97 Å². The monoisotopic (exact) mass is 636 g/mol. The standard InChI is InChI=1S/C48H32N2/c1-4-12-33(13-5-1)36-20-24-38(25-21-36)46-42-18-10-11-19-43(42)47(39-26-22-37(23-27-39)34-14-6-2-7-15-34)45-30-40(28-29-44(45)46)48-49-31-41(32-50-48)35-16-8-3-9-17-35/h1-32H. The lowest BCUT2D eigenvalue weighted by Crippen LogP contribution is -1.94. The van der Waals surface area contributed by atoms with E-state index in [1.54, 1.807) is 0 Å².